The van der Waals surface area contributed by atoms with Gasteiger partial charge in [-0.1, -0.05) is 18.1 Å². The highest BCUT2D eigenvalue weighted by Gasteiger charge is 2.54. The fourth-order valence-electron chi connectivity index (χ4n) is 5.74. The number of fused-ring (bicyclic) bond motifs is 5. The third-order valence-corrected chi connectivity index (χ3v) is 6.97. The summed E-state index contributed by atoms with van der Waals surface area (Å²) in [5.74, 6) is 0.431. The number of aromatic hydroxyl groups is 2. The Labute approximate surface area is 152 Å². The van der Waals surface area contributed by atoms with E-state index in [4.69, 9.17) is 9.94 Å². The van der Waals surface area contributed by atoms with E-state index in [2.05, 4.69) is 12.1 Å². The van der Waals surface area contributed by atoms with Gasteiger partial charge in [-0.3, -0.25) is 0 Å². The van der Waals surface area contributed by atoms with Crippen molar-refractivity contribution >= 4 is 11.7 Å². The standard InChI is InChI=1S/C20H25NO5/c1-20-9-8-12-11-4-6-16(22)19(25)14(11)3-2-13(12)15(20)5-7-17(20)21-26-10-18(23)24/h4,6,12-13,15,22,25H,2-3,5,7-10H2,1H3,(H,23,24)/b21-17-/t12?,13?,15?,20-/m0/s1. The Kier molecular flexibility index (Phi) is 4.09. The molecule has 0 spiro atoms. The lowest BCUT2D eigenvalue weighted by atomic mass is 9.55. The summed E-state index contributed by atoms with van der Waals surface area (Å²) in [4.78, 5) is 15.7. The molecule has 0 radical (unpaired) electrons. The van der Waals surface area contributed by atoms with E-state index in [1.807, 2.05) is 6.07 Å². The van der Waals surface area contributed by atoms with Gasteiger partial charge in [-0.2, -0.15) is 0 Å². The number of carboxylic acid groups (broad SMARTS) is 1. The fourth-order valence-corrected chi connectivity index (χ4v) is 5.74. The highest BCUT2D eigenvalue weighted by atomic mass is 16.6. The highest BCUT2D eigenvalue weighted by Crippen LogP contribution is 2.60. The predicted octanol–water partition coefficient (Wildman–Crippen LogP) is 3.41. The number of benzene rings is 1. The predicted molar refractivity (Wildman–Crippen MR) is 95.4 cm³/mol. The Balaban J connectivity index is 1.60. The molecule has 1 aromatic rings. The molecule has 2 fully saturated rings. The van der Waals surface area contributed by atoms with Crippen LogP contribution in [0.15, 0.2) is 17.3 Å². The number of oxime groups is 1. The third-order valence-electron chi connectivity index (χ3n) is 6.97. The van der Waals surface area contributed by atoms with Gasteiger partial charge in [0.1, 0.15) is 0 Å². The molecule has 0 aromatic heterocycles. The lowest BCUT2D eigenvalue weighted by Crippen LogP contribution is -2.42. The van der Waals surface area contributed by atoms with Crippen LogP contribution in [0.2, 0.25) is 0 Å². The van der Waals surface area contributed by atoms with Crippen molar-refractivity contribution in [1.29, 1.82) is 0 Å². The molecule has 6 nitrogen and oxygen atoms in total. The molecule has 4 rings (SSSR count). The average molecular weight is 359 g/mol. The van der Waals surface area contributed by atoms with Crippen molar-refractivity contribution in [3.8, 4) is 11.5 Å². The van der Waals surface area contributed by atoms with Crippen molar-refractivity contribution in [1.82, 2.24) is 0 Å². The van der Waals surface area contributed by atoms with Gasteiger partial charge >= 0.3 is 5.97 Å². The molecule has 26 heavy (non-hydrogen) atoms. The number of aliphatic carboxylic acids is 1. The van der Waals surface area contributed by atoms with Crippen LogP contribution in [-0.4, -0.2) is 33.6 Å². The van der Waals surface area contributed by atoms with Crippen molar-refractivity contribution in [2.24, 2.45) is 22.4 Å². The van der Waals surface area contributed by atoms with Gasteiger partial charge in [0, 0.05) is 11.0 Å². The fraction of sp³-hybridized carbons (Fsp3) is 0.600. The van der Waals surface area contributed by atoms with Crippen LogP contribution in [0.4, 0.5) is 0 Å². The number of rotatable bonds is 3. The number of nitrogens with zero attached hydrogens (tertiary/aromatic N) is 1. The van der Waals surface area contributed by atoms with Crippen molar-refractivity contribution in [2.75, 3.05) is 6.61 Å². The van der Waals surface area contributed by atoms with Crippen LogP contribution in [0.5, 0.6) is 11.5 Å². The van der Waals surface area contributed by atoms with Crippen LogP contribution in [0.1, 0.15) is 56.1 Å². The molecule has 0 aliphatic heterocycles. The van der Waals surface area contributed by atoms with Gasteiger partial charge in [0.2, 0.25) is 6.61 Å². The number of carboxylic acids is 1. The normalized spacial score (nSPS) is 34.0. The van der Waals surface area contributed by atoms with E-state index >= 15 is 0 Å². The maximum absolute atomic E-state index is 10.7. The van der Waals surface area contributed by atoms with Crippen LogP contribution >= 0.6 is 0 Å². The second-order valence-electron chi connectivity index (χ2n) is 8.12. The molecule has 3 unspecified atom stereocenters. The minimum atomic E-state index is -1.01. The minimum Gasteiger partial charge on any atom is -0.504 e. The Morgan fingerprint density at radius 1 is 1.27 bits per heavy atom. The largest absolute Gasteiger partial charge is 0.504 e. The summed E-state index contributed by atoms with van der Waals surface area (Å²) in [5, 5.41) is 33.0. The van der Waals surface area contributed by atoms with Crippen LogP contribution in [0.3, 0.4) is 0 Å². The van der Waals surface area contributed by atoms with E-state index in [1.165, 1.54) is 5.56 Å². The van der Waals surface area contributed by atoms with Gasteiger partial charge in [-0.05, 0) is 67.9 Å². The zero-order chi connectivity index (χ0) is 18.5. The van der Waals surface area contributed by atoms with Crippen molar-refractivity contribution in [3.63, 3.8) is 0 Å². The van der Waals surface area contributed by atoms with Gasteiger partial charge in [0.15, 0.2) is 11.5 Å². The minimum absolute atomic E-state index is 0.0316. The zero-order valence-electron chi connectivity index (χ0n) is 14.9. The molecule has 140 valence electrons. The number of hydrogen-bond donors (Lipinski definition) is 3. The molecule has 0 saturated heterocycles. The first-order valence-corrected chi connectivity index (χ1v) is 9.36. The van der Waals surface area contributed by atoms with Crippen LogP contribution in [-0.2, 0) is 16.1 Å². The maximum Gasteiger partial charge on any atom is 0.344 e. The van der Waals surface area contributed by atoms with E-state index in [1.54, 1.807) is 6.07 Å². The molecule has 3 aliphatic rings. The summed E-state index contributed by atoms with van der Waals surface area (Å²) in [6.45, 7) is 1.85. The molecule has 6 heteroatoms. The number of carbonyl (C=O) groups is 1. The second kappa shape index (κ2) is 6.18. The van der Waals surface area contributed by atoms with Crippen molar-refractivity contribution < 1.29 is 25.0 Å². The summed E-state index contributed by atoms with van der Waals surface area (Å²) < 4.78 is 0. The smallest absolute Gasteiger partial charge is 0.344 e. The first-order chi connectivity index (χ1) is 12.4. The molecule has 0 bridgehead atoms. The van der Waals surface area contributed by atoms with E-state index in [-0.39, 0.29) is 16.9 Å². The Morgan fingerprint density at radius 3 is 2.85 bits per heavy atom. The molecule has 0 amide bonds. The Bertz CT molecular complexity index is 774. The molecular formula is C20H25NO5. The molecule has 0 heterocycles. The second-order valence-corrected chi connectivity index (χ2v) is 8.12. The van der Waals surface area contributed by atoms with Crippen LogP contribution in [0, 0.1) is 17.3 Å². The summed E-state index contributed by atoms with van der Waals surface area (Å²) in [6.07, 6.45) is 5.68. The zero-order valence-corrected chi connectivity index (χ0v) is 14.9. The average Bonchev–Trinajstić information content (AvgIpc) is 2.94. The summed E-state index contributed by atoms with van der Waals surface area (Å²) in [7, 11) is 0. The molecule has 3 N–H and O–H groups in total. The van der Waals surface area contributed by atoms with Gasteiger partial charge < -0.3 is 20.2 Å². The van der Waals surface area contributed by atoms with Gasteiger partial charge in [0.25, 0.3) is 0 Å². The maximum atomic E-state index is 10.7. The molecule has 1 aromatic carbocycles. The van der Waals surface area contributed by atoms with Crippen LogP contribution < -0.4 is 0 Å². The van der Waals surface area contributed by atoms with Crippen LogP contribution in [0.25, 0.3) is 0 Å². The van der Waals surface area contributed by atoms with Crippen molar-refractivity contribution in [3.05, 3.63) is 23.3 Å². The Hall–Kier alpha value is -2.24. The van der Waals surface area contributed by atoms with E-state index < -0.39 is 12.6 Å². The molecule has 3 aliphatic carbocycles. The van der Waals surface area contributed by atoms with E-state index in [9.17, 15) is 15.0 Å². The van der Waals surface area contributed by atoms with Gasteiger partial charge in [-0.15, -0.1) is 0 Å². The lowest BCUT2D eigenvalue weighted by Gasteiger charge is -2.49. The molecular weight excluding hydrogens is 334 g/mol. The number of phenols is 2. The monoisotopic (exact) mass is 359 g/mol. The molecule has 4 atom stereocenters. The van der Waals surface area contributed by atoms with Gasteiger partial charge in [-0.25, -0.2) is 4.79 Å². The first-order valence-electron chi connectivity index (χ1n) is 9.36. The quantitative estimate of drug-likeness (QED) is 0.567. The topological polar surface area (TPSA) is 99.4 Å². The Morgan fingerprint density at radius 2 is 2.08 bits per heavy atom. The number of phenolic OH excluding ortho intramolecular Hbond substituents is 2. The van der Waals surface area contributed by atoms with Crippen molar-refractivity contribution in [2.45, 2.75) is 51.4 Å². The molecule has 2 saturated carbocycles. The third kappa shape index (κ3) is 2.54. The first kappa shape index (κ1) is 17.2. The van der Waals surface area contributed by atoms with Gasteiger partial charge in [0.05, 0.1) is 5.71 Å². The highest BCUT2D eigenvalue weighted by molar-refractivity contribution is 5.92. The lowest BCUT2D eigenvalue weighted by molar-refractivity contribution is -0.142. The van der Waals surface area contributed by atoms with E-state index in [0.717, 1.165) is 49.8 Å². The summed E-state index contributed by atoms with van der Waals surface area (Å²) >= 11 is 0. The SMILES string of the molecule is C[C@]12CCC3c4ccc(O)c(O)c4CCC3C1CC/C2=N/OCC(=O)O. The van der Waals surface area contributed by atoms with E-state index in [0.29, 0.717) is 17.8 Å². The summed E-state index contributed by atoms with van der Waals surface area (Å²) in [5.41, 5.74) is 3.06. The summed E-state index contributed by atoms with van der Waals surface area (Å²) in [6, 6.07) is 3.58. The number of hydrogen-bond acceptors (Lipinski definition) is 5.